The van der Waals surface area contributed by atoms with Crippen molar-refractivity contribution in [3.63, 3.8) is 0 Å². The van der Waals surface area contributed by atoms with E-state index in [0.717, 1.165) is 17.3 Å². The van der Waals surface area contributed by atoms with Gasteiger partial charge in [0.2, 0.25) is 0 Å². The highest BCUT2D eigenvalue weighted by atomic mass is 35.5. The number of carbonyl (C=O) groups is 1. The van der Waals surface area contributed by atoms with Crippen LogP contribution in [-0.2, 0) is 4.74 Å². The van der Waals surface area contributed by atoms with E-state index < -0.39 is 11.4 Å². The second-order valence-corrected chi connectivity index (χ2v) is 9.38. The molecule has 158 valence electrons. The van der Waals surface area contributed by atoms with Crippen LogP contribution in [0.4, 0.5) is 15.0 Å². The molecule has 10 heteroatoms. The number of ether oxygens (including phenoxy) is 1. The molecule has 0 unspecified atom stereocenters. The Morgan fingerprint density at radius 2 is 2.20 bits per heavy atom. The predicted octanol–water partition coefficient (Wildman–Crippen LogP) is 4.97. The van der Waals surface area contributed by atoms with Crippen LogP contribution in [0.1, 0.15) is 27.2 Å². The minimum Gasteiger partial charge on any atom is -0.444 e. The number of anilines is 1. The minimum atomic E-state index is -0.545. The molecule has 0 bridgehead atoms. The Balaban J connectivity index is 1.58. The fourth-order valence-corrected chi connectivity index (χ4v) is 4.17. The van der Waals surface area contributed by atoms with E-state index in [2.05, 4.69) is 20.3 Å². The molecule has 1 N–H and O–H groups in total. The fraction of sp³-hybridized carbons (Fsp3) is 0.400. The van der Waals surface area contributed by atoms with Crippen molar-refractivity contribution in [3.05, 3.63) is 34.7 Å². The molecule has 0 aromatic carbocycles. The number of halogens is 2. The molecule has 30 heavy (non-hydrogen) atoms. The number of likely N-dealkylation sites (tertiary alicyclic amines) is 1. The maximum absolute atomic E-state index is 14.3. The van der Waals surface area contributed by atoms with Crippen LogP contribution < -0.4 is 5.32 Å². The third kappa shape index (κ3) is 4.46. The van der Waals surface area contributed by atoms with Crippen molar-refractivity contribution in [3.8, 4) is 11.4 Å². The third-order valence-corrected chi connectivity index (χ3v) is 5.66. The van der Waals surface area contributed by atoms with E-state index in [-0.39, 0.29) is 28.7 Å². The lowest BCUT2D eigenvalue weighted by atomic mass is 10.2. The van der Waals surface area contributed by atoms with Crippen molar-refractivity contribution in [2.75, 3.05) is 18.4 Å². The standard InChI is InChI=1S/C20H21ClFN5O2S/c1-20(2,3)29-19(28)27-6-4-11(10-27)24-18-16-14(5-7-30-16)25-17(26-18)12-8-15(21)23-9-13(12)22/h5,7-9,11H,4,6,10H2,1-3H3,(H,24,25,26)/t11-/m1/s1. The van der Waals surface area contributed by atoms with Crippen LogP contribution in [0, 0.1) is 5.82 Å². The quantitative estimate of drug-likeness (QED) is 0.569. The number of nitrogens with zero attached hydrogens (tertiary/aromatic N) is 4. The van der Waals surface area contributed by atoms with Gasteiger partial charge in [-0.1, -0.05) is 11.6 Å². The fourth-order valence-electron chi connectivity index (χ4n) is 3.23. The Kier molecular flexibility index (Phi) is 5.50. The van der Waals surface area contributed by atoms with Gasteiger partial charge in [0.25, 0.3) is 0 Å². The monoisotopic (exact) mass is 449 g/mol. The number of amides is 1. The molecule has 1 atom stereocenters. The number of hydrogen-bond acceptors (Lipinski definition) is 7. The lowest BCUT2D eigenvalue weighted by Crippen LogP contribution is -2.36. The first kappa shape index (κ1) is 20.7. The van der Waals surface area contributed by atoms with Crippen LogP contribution in [0.2, 0.25) is 5.15 Å². The smallest absolute Gasteiger partial charge is 0.410 e. The molecule has 4 heterocycles. The van der Waals surface area contributed by atoms with Gasteiger partial charge in [0.1, 0.15) is 16.6 Å². The molecule has 4 rings (SSSR count). The van der Waals surface area contributed by atoms with Gasteiger partial charge >= 0.3 is 6.09 Å². The lowest BCUT2D eigenvalue weighted by molar-refractivity contribution is 0.0293. The number of aromatic nitrogens is 3. The second-order valence-electron chi connectivity index (χ2n) is 8.07. The van der Waals surface area contributed by atoms with E-state index in [1.807, 2.05) is 32.2 Å². The number of hydrogen-bond donors (Lipinski definition) is 1. The molecule has 0 spiro atoms. The largest absolute Gasteiger partial charge is 0.444 e. The van der Waals surface area contributed by atoms with Gasteiger partial charge in [-0.15, -0.1) is 11.3 Å². The van der Waals surface area contributed by atoms with Crippen molar-refractivity contribution in [1.82, 2.24) is 19.9 Å². The highest BCUT2D eigenvalue weighted by molar-refractivity contribution is 7.17. The summed E-state index contributed by atoms with van der Waals surface area (Å²) in [5, 5.41) is 5.47. The Bertz CT molecular complexity index is 1100. The van der Waals surface area contributed by atoms with Gasteiger partial charge in [-0.25, -0.2) is 24.1 Å². The molecule has 1 saturated heterocycles. The predicted molar refractivity (Wildman–Crippen MR) is 115 cm³/mol. The number of rotatable bonds is 3. The normalized spacial score (nSPS) is 16.8. The van der Waals surface area contributed by atoms with Crippen molar-refractivity contribution in [1.29, 1.82) is 0 Å². The molecule has 0 saturated carbocycles. The summed E-state index contributed by atoms with van der Waals surface area (Å²) >= 11 is 7.43. The van der Waals surface area contributed by atoms with E-state index in [0.29, 0.717) is 24.4 Å². The molecule has 1 fully saturated rings. The van der Waals surface area contributed by atoms with Gasteiger partial charge in [-0.3, -0.25) is 0 Å². The van der Waals surface area contributed by atoms with E-state index in [9.17, 15) is 9.18 Å². The highest BCUT2D eigenvalue weighted by Gasteiger charge is 2.30. The van der Waals surface area contributed by atoms with Crippen LogP contribution in [0.15, 0.2) is 23.7 Å². The summed E-state index contributed by atoms with van der Waals surface area (Å²) in [7, 11) is 0. The zero-order valence-electron chi connectivity index (χ0n) is 16.8. The summed E-state index contributed by atoms with van der Waals surface area (Å²) in [5.74, 6) is 0.289. The van der Waals surface area contributed by atoms with Gasteiger partial charge in [-0.05, 0) is 44.7 Å². The van der Waals surface area contributed by atoms with Crippen LogP contribution >= 0.6 is 22.9 Å². The molecule has 0 radical (unpaired) electrons. The summed E-state index contributed by atoms with van der Waals surface area (Å²) in [6.07, 6.45) is 1.48. The summed E-state index contributed by atoms with van der Waals surface area (Å²) in [4.78, 5) is 26.8. The molecular formula is C20H21ClFN5O2S. The molecule has 3 aromatic rings. The maximum Gasteiger partial charge on any atom is 0.410 e. The first-order valence-corrected chi connectivity index (χ1v) is 10.8. The van der Waals surface area contributed by atoms with Gasteiger partial charge in [-0.2, -0.15) is 0 Å². The second kappa shape index (κ2) is 7.96. The number of pyridine rings is 1. The van der Waals surface area contributed by atoms with Crippen LogP contribution in [0.5, 0.6) is 0 Å². The van der Waals surface area contributed by atoms with Crippen LogP contribution in [0.25, 0.3) is 21.6 Å². The Morgan fingerprint density at radius 3 is 2.97 bits per heavy atom. The van der Waals surface area contributed by atoms with Gasteiger partial charge < -0.3 is 15.0 Å². The summed E-state index contributed by atoms with van der Waals surface area (Å²) in [6, 6.07) is 3.27. The minimum absolute atomic E-state index is 0.00329. The van der Waals surface area contributed by atoms with E-state index >= 15 is 0 Å². The molecule has 1 aliphatic heterocycles. The van der Waals surface area contributed by atoms with Crippen LogP contribution in [-0.4, -0.2) is 50.7 Å². The highest BCUT2D eigenvalue weighted by Crippen LogP contribution is 2.31. The summed E-state index contributed by atoms with van der Waals surface area (Å²) < 4.78 is 20.6. The number of fused-ring (bicyclic) bond motifs is 1. The molecule has 3 aromatic heterocycles. The Hall–Kier alpha value is -2.52. The SMILES string of the molecule is CC(C)(C)OC(=O)N1CC[C@@H](Nc2nc(-c3cc(Cl)ncc3F)nc3ccsc23)C1. The van der Waals surface area contributed by atoms with E-state index in [1.54, 1.807) is 4.90 Å². The molecule has 1 aliphatic rings. The first-order chi connectivity index (χ1) is 14.2. The van der Waals surface area contributed by atoms with Crippen molar-refractivity contribution in [2.24, 2.45) is 0 Å². The van der Waals surface area contributed by atoms with E-state index in [1.165, 1.54) is 17.4 Å². The topological polar surface area (TPSA) is 80.2 Å². The van der Waals surface area contributed by atoms with Crippen molar-refractivity contribution < 1.29 is 13.9 Å². The average Bonchev–Trinajstić information content (AvgIpc) is 3.31. The third-order valence-electron chi connectivity index (χ3n) is 4.55. The number of carbonyl (C=O) groups excluding carboxylic acids is 1. The molecular weight excluding hydrogens is 429 g/mol. The molecule has 0 aliphatic carbocycles. The zero-order valence-corrected chi connectivity index (χ0v) is 18.4. The Labute approximate surface area is 182 Å². The Morgan fingerprint density at radius 1 is 1.40 bits per heavy atom. The average molecular weight is 450 g/mol. The molecule has 7 nitrogen and oxygen atoms in total. The summed E-state index contributed by atoms with van der Waals surface area (Å²) in [6.45, 7) is 6.62. The van der Waals surface area contributed by atoms with E-state index in [4.69, 9.17) is 16.3 Å². The molecule has 1 amide bonds. The summed E-state index contributed by atoms with van der Waals surface area (Å²) in [5.41, 5.74) is 0.359. The van der Waals surface area contributed by atoms with Crippen LogP contribution in [0.3, 0.4) is 0 Å². The van der Waals surface area contributed by atoms with Gasteiger partial charge in [0.05, 0.1) is 22.0 Å². The van der Waals surface area contributed by atoms with Crippen molar-refractivity contribution >= 4 is 45.1 Å². The number of nitrogens with one attached hydrogen (secondary N) is 1. The maximum atomic E-state index is 14.3. The van der Waals surface area contributed by atoms with Gasteiger partial charge in [0.15, 0.2) is 11.6 Å². The first-order valence-electron chi connectivity index (χ1n) is 9.51. The lowest BCUT2D eigenvalue weighted by Gasteiger charge is -2.24. The van der Waals surface area contributed by atoms with Crippen molar-refractivity contribution in [2.45, 2.75) is 38.8 Å². The van der Waals surface area contributed by atoms with Gasteiger partial charge in [0, 0.05) is 19.1 Å². The zero-order chi connectivity index (χ0) is 21.5. The number of thiophene rings is 1.